The quantitative estimate of drug-likeness (QED) is 0.487. The molecule has 0 aromatic heterocycles. The Kier molecular flexibility index (Phi) is 5.97. The van der Waals surface area contributed by atoms with E-state index < -0.39 is 11.8 Å². The first kappa shape index (κ1) is 10.9. The van der Waals surface area contributed by atoms with E-state index in [9.17, 15) is 9.18 Å². The molecule has 0 saturated carbocycles. The Bertz CT molecular complexity index is 165. The Labute approximate surface area is 71.4 Å². The molecule has 2 nitrogen and oxygen atoms in total. The maximum Gasteiger partial charge on any atom is 0.364 e. The van der Waals surface area contributed by atoms with Gasteiger partial charge in [-0.25, -0.2) is 4.79 Å². The zero-order valence-corrected chi connectivity index (χ0v) is 6.92. The highest BCUT2D eigenvalue weighted by atomic mass is 19.1. The van der Waals surface area contributed by atoms with Crippen LogP contribution in [0.25, 0.3) is 0 Å². The Morgan fingerprint density at radius 3 is 1.75 bits per heavy atom. The van der Waals surface area contributed by atoms with E-state index >= 15 is 0 Å². The number of rotatable bonds is 1. The minimum atomic E-state index is -1.60. The Balaban J connectivity index is 0.000000202. The first-order chi connectivity index (χ1) is 5.64. The highest BCUT2D eigenvalue weighted by Gasteiger charge is 1.96. The summed E-state index contributed by atoms with van der Waals surface area (Å²) in [6.07, 6.45) is 10.0. The second-order valence-corrected chi connectivity index (χ2v) is 2.47. The van der Waals surface area contributed by atoms with Gasteiger partial charge >= 0.3 is 5.97 Å². The third-order valence-electron chi connectivity index (χ3n) is 1.39. The molecular weight excluding hydrogens is 159 g/mol. The van der Waals surface area contributed by atoms with Crippen molar-refractivity contribution in [1.29, 1.82) is 0 Å². The molecule has 1 rings (SSSR count). The lowest BCUT2D eigenvalue weighted by Gasteiger charge is -1.97. The van der Waals surface area contributed by atoms with Crippen molar-refractivity contribution in [2.24, 2.45) is 0 Å². The van der Waals surface area contributed by atoms with Gasteiger partial charge in [0.05, 0.1) is 0 Å². The Hall–Kier alpha value is -1.12. The first-order valence-corrected chi connectivity index (χ1v) is 3.87. The molecule has 0 fully saturated rings. The van der Waals surface area contributed by atoms with Crippen molar-refractivity contribution in [3.8, 4) is 0 Å². The maximum atomic E-state index is 11.0. The van der Waals surface area contributed by atoms with E-state index in [1.807, 2.05) is 0 Å². The van der Waals surface area contributed by atoms with Gasteiger partial charge in [0, 0.05) is 0 Å². The van der Waals surface area contributed by atoms with Crippen molar-refractivity contribution in [2.75, 3.05) is 0 Å². The number of aliphatic carboxylic acids is 1. The number of allylic oxidation sites excluding steroid dienone is 2. The highest BCUT2D eigenvalue weighted by Crippen LogP contribution is 2.07. The minimum absolute atomic E-state index is 1.32. The van der Waals surface area contributed by atoms with Gasteiger partial charge in [-0.1, -0.05) is 18.7 Å². The fourth-order valence-corrected chi connectivity index (χ4v) is 0.760. The van der Waals surface area contributed by atoms with Crippen molar-refractivity contribution >= 4 is 5.97 Å². The standard InChI is InChI=1S/C6H10.C3H3FO2/c1-2-4-6-5-3-1;1-2(4)3(5)6/h1-2H,3-6H2;1H2,(H,5,6). The number of carboxylic acid groups (broad SMARTS) is 1. The van der Waals surface area contributed by atoms with E-state index in [-0.39, 0.29) is 0 Å². The molecule has 0 spiro atoms. The molecule has 3 heteroatoms. The van der Waals surface area contributed by atoms with Gasteiger partial charge in [0.1, 0.15) is 0 Å². The average Bonchev–Trinajstić information content (AvgIpc) is 2.08. The van der Waals surface area contributed by atoms with Gasteiger partial charge in [-0.3, -0.25) is 0 Å². The van der Waals surface area contributed by atoms with Gasteiger partial charge in [0.2, 0.25) is 5.83 Å². The van der Waals surface area contributed by atoms with Crippen molar-refractivity contribution in [1.82, 2.24) is 0 Å². The molecule has 1 N–H and O–H groups in total. The van der Waals surface area contributed by atoms with Gasteiger partial charge in [0.15, 0.2) is 0 Å². The molecule has 0 aromatic rings. The first-order valence-electron chi connectivity index (χ1n) is 3.87. The Morgan fingerprint density at radius 2 is 1.67 bits per heavy atom. The van der Waals surface area contributed by atoms with E-state index in [1.54, 1.807) is 0 Å². The number of halogens is 1. The molecule has 0 unspecified atom stereocenters. The second kappa shape index (κ2) is 6.58. The SMILES string of the molecule is C1=CCCCC1.C=C(F)C(=O)O. The topological polar surface area (TPSA) is 37.3 Å². The summed E-state index contributed by atoms with van der Waals surface area (Å²) in [5.41, 5.74) is 0. The number of carbonyl (C=O) groups is 1. The number of hydrogen-bond donors (Lipinski definition) is 1. The molecule has 1 aliphatic carbocycles. The molecule has 0 amide bonds. The zero-order valence-electron chi connectivity index (χ0n) is 6.92. The fraction of sp³-hybridized carbons (Fsp3) is 0.444. The van der Waals surface area contributed by atoms with Gasteiger partial charge in [-0.15, -0.1) is 0 Å². The summed E-state index contributed by atoms with van der Waals surface area (Å²) in [4.78, 5) is 9.22. The van der Waals surface area contributed by atoms with Crippen LogP contribution in [-0.2, 0) is 4.79 Å². The summed E-state index contributed by atoms with van der Waals surface area (Å²) in [5, 5.41) is 7.52. The van der Waals surface area contributed by atoms with Crippen LogP contribution in [0.2, 0.25) is 0 Å². The summed E-state index contributed by atoms with van der Waals surface area (Å²) in [6, 6.07) is 0. The largest absolute Gasteiger partial charge is 0.476 e. The van der Waals surface area contributed by atoms with Crippen LogP contribution in [0.15, 0.2) is 24.6 Å². The molecular formula is C9H13FO2. The van der Waals surface area contributed by atoms with Gasteiger partial charge in [-0.2, -0.15) is 4.39 Å². The van der Waals surface area contributed by atoms with Gasteiger partial charge in [0.25, 0.3) is 0 Å². The molecule has 0 aromatic carbocycles. The normalized spacial score (nSPS) is 14.4. The van der Waals surface area contributed by atoms with E-state index in [0.717, 1.165) is 0 Å². The van der Waals surface area contributed by atoms with Crippen molar-refractivity contribution in [2.45, 2.75) is 25.7 Å². The van der Waals surface area contributed by atoms with Crippen molar-refractivity contribution < 1.29 is 14.3 Å². The van der Waals surface area contributed by atoms with Crippen LogP contribution in [0.5, 0.6) is 0 Å². The molecule has 0 radical (unpaired) electrons. The molecule has 0 bridgehead atoms. The molecule has 1 aliphatic rings. The van der Waals surface area contributed by atoms with Crippen molar-refractivity contribution in [3.05, 3.63) is 24.6 Å². The van der Waals surface area contributed by atoms with Crippen LogP contribution >= 0.6 is 0 Å². The van der Waals surface area contributed by atoms with E-state index in [0.29, 0.717) is 0 Å². The van der Waals surface area contributed by atoms with Crippen LogP contribution in [0, 0.1) is 0 Å². The smallest absolute Gasteiger partial charge is 0.364 e. The number of carboxylic acids is 1. The second-order valence-electron chi connectivity index (χ2n) is 2.47. The Morgan fingerprint density at radius 1 is 1.33 bits per heavy atom. The minimum Gasteiger partial charge on any atom is -0.476 e. The lowest BCUT2D eigenvalue weighted by atomic mass is 10.1. The third kappa shape index (κ3) is 6.99. The van der Waals surface area contributed by atoms with Crippen LogP contribution in [0.3, 0.4) is 0 Å². The molecule has 68 valence electrons. The van der Waals surface area contributed by atoms with E-state index in [1.165, 1.54) is 25.7 Å². The summed E-state index contributed by atoms with van der Waals surface area (Å²) in [7, 11) is 0. The van der Waals surface area contributed by atoms with Crippen LogP contribution in [0.4, 0.5) is 4.39 Å². The molecule has 0 atom stereocenters. The molecule has 0 saturated heterocycles. The van der Waals surface area contributed by atoms with Crippen LogP contribution < -0.4 is 0 Å². The fourth-order valence-electron chi connectivity index (χ4n) is 0.760. The predicted molar refractivity (Wildman–Crippen MR) is 45.5 cm³/mol. The number of hydrogen-bond acceptors (Lipinski definition) is 1. The average molecular weight is 172 g/mol. The zero-order chi connectivity index (χ0) is 9.40. The summed E-state index contributed by atoms with van der Waals surface area (Å²) in [5.74, 6) is -2.93. The monoisotopic (exact) mass is 172 g/mol. The van der Waals surface area contributed by atoms with Gasteiger partial charge < -0.3 is 5.11 Å². The third-order valence-corrected chi connectivity index (χ3v) is 1.39. The maximum absolute atomic E-state index is 11.0. The molecule has 0 heterocycles. The highest BCUT2D eigenvalue weighted by molar-refractivity contribution is 5.82. The van der Waals surface area contributed by atoms with Crippen molar-refractivity contribution in [3.63, 3.8) is 0 Å². The van der Waals surface area contributed by atoms with E-state index in [2.05, 4.69) is 18.7 Å². The van der Waals surface area contributed by atoms with Crippen LogP contribution in [-0.4, -0.2) is 11.1 Å². The van der Waals surface area contributed by atoms with E-state index in [4.69, 9.17) is 5.11 Å². The summed E-state index contributed by atoms with van der Waals surface area (Å²) in [6.45, 7) is 2.49. The summed E-state index contributed by atoms with van der Waals surface area (Å²) < 4.78 is 11.0. The van der Waals surface area contributed by atoms with Gasteiger partial charge in [-0.05, 0) is 25.7 Å². The predicted octanol–water partition coefficient (Wildman–Crippen LogP) is 2.67. The molecule has 12 heavy (non-hydrogen) atoms. The summed E-state index contributed by atoms with van der Waals surface area (Å²) >= 11 is 0. The lowest BCUT2D eigenvalue weighted by molar-refractivity contribution is -0.134. The lowest BCUT2D eigenvalue weighted by Crippen LogP contribution is -1.90. The van der Waals surface area contributed by atoms with Crippen LogP contribution in [0.1, 0.15) is 25.7 Å². The molecule has 0 aliphatic heterocycles.